The van der Waals surface area contributed by atoms with Crippen molar-refractivity contribution in [3.63, 3.8) is 0 Å². The van der Waals surface area contributed by atoms with E-state index in [1.165, 1.54) is 25.1 Å². The van der Waals surface area contributed by atoms with Gasteiger partial charge in [-0.15, -0.1) is 0 Å². The Hall–Kier alpha value is -3.74. The van der Waals surface area contributed by atoms with Gasteiger partial charge in [-0.2, -0.15) is 0 Å². The largest absolute Gasteiger partial charge is 0.465 e. The third kappa shape index (κ3) is 5.62. The zero-order valence-electron chi connectivity index (χ0n) is 16.1. The SMILES string of the molecule is COC(=O)c1ccccc1NC(=O)c1cnc(NCCCc2ccccc2)cn1. The van der Waals surface area contributed by atoms with Gasteiger partial charge in [0.15, 0.2) is 0 Å². The number of rotatable bonds is 8. The lowest BCUT2D eigenvalue weighted by Crippen LogP contribution is -2.17. The highest BCUT2D eigenvalue weighted by molar-refractivity contribution is 6.06. The predicted octanol–water partition coefficient (Wildman–Crippen LogP) is 3.56. The number of anilines is 2. The lowest BCUT2D eigenvalue weighted by molar-refractivity contribution is 0.0602. The minimum Gasteiger partial charge on any atom is -0.465 e. The molecule has 7 nitrogen and oxygen atoms in total. The van der Waals surface area contributed by atoms with E-state index in [0.29, 0.717) is 11.5 Å². The first kappa shape index (κ1) is 20.0. The summed E-state index contributed by atoms with van der Waals surface area (Å²) in [5, 5.41) is 5.87. The van der Waals surface area contributed by atoms with Gasteiger partial charge in [-0.05, 0) is 30.5 Å². The second kappa shape index (κ2) is 9.98. The number of amides is 1. The Morgan fingerprint density at radius 2 is 1.72 bits per heavy atom. The van der Waals surface area contributed by atoms with Crippen molar-refractivity contribution >= 4 is 23.4 Å². The second-order valence-corrected chi connectivity index (χ2v) is 6.29. The first-order valence-corrected chi connectivity index (χ1v) is 9.26. The standard InChI is InChI=1S/C22H22N4O3/c1-29-22(28)17-11-5-6-12-18(17)26-21(27)19-14-25-20(15-24-19)23-13-7-10-16-8-3-2-4-9-16/h2-6,8-9,11-12,14-15H,7,10,13H2,1H3,(H,23,25)(H,26,27). The molecule has 148 valence electrons. The molecule has 0 saturated carbocycles. The van der Waals surface area contributed by atoms with Crippen LogP contribution in [-0.2, 0) is 11.2 Å². The number of nitrogens with one attached hydrogen (secondary N) is 2. The van der Waals surface area contributed by atoms with E-state index in [1.807, 2.05) is 18.2 Å². The predicted molar refractivity (Wildman–Crippen MR) is 111 cm³/mol. The summed E-state index contributed by atoms with van der Waals surface area (Å²) in [6.07, 6.45) is 4.85. The van der Waals surface area contributed by atoms with Crippen molar-refractivity contribution in [1.82, 2.24) is 9.97 Å². The zero-order chi connectivity index (χ0) is 20.5. The van der Waals surface area contributed by atoms with Gasteiger partial charge in [0, 0.05) is 6.54 Å². The maximum atomic E-state index is 12.4. The molecule has 3 aromatic rings. The van der Waals surface area contributed by atoms with Crippen molar-refractivity contribution in [3.8, 4) is 0 Å². The van der Waals surface area contributed by atoms with Crippen molar-refractivity contribution in [2.45, 2.75) is 12.8 Å². The molecule has 0 aliphatic carbocycles. The number of ether oxygens (including phenoxy) is 1. The fourth-order valence-electron chi connectivity index (χ4n) is 2.76. The molecule has 0 aliphatic rings. The fraction of sp³-hybridized carbons (Fsp3) is 0.182. The van der Waals surface area contributed by atoms with E-state index in [1.54, 1.807) is 24.3 Å². The molecular weight excluding hydrogens is 368 g/mol. The van der Waals surface area contributed by atoms with Crippen molar-refractivity contribution in [2.75, 3.05) is 24.3 Å². The molecule has 0 radical (unpaired) electrons. The highest BCUT2D eigenvalue weighted by Gasteiger charge is 2.15. The number of methoxy groups -OCH3 is 1. The molecule has 0 spiro atoms. The van der Waals surface area contributed by atoms with E-state index in [0.717, 1.165) is 19.4 Å². The smallest absolute Gasteiger partial charge is 0.339 e. The van der Waals surface area contributed by atoms with Crippen LogP contribution in [0, 0.1) is 0 Å². The third-order valence-corrected chi connectivity index (χ3v) is 4.26. The molecule has 1 amide bonds. The second-order valence-electron chi connectivity index (χ2n) is 6.29. The molecule has 0 unspecified atom stereocenters. The number of hydrogen-bond acceptors (Lipinski definition) is 6. The van der Waals surface area contributed by atoms with Gasteiger partial charge in [-0.3, -0.25) is 4.79 Å². The summed E-state index contributed by atoms with van der Waals surface area (Å²) in [7, 11) is 1.29. The number of nitrogens with zero attached hydrogens (tertiary/aromatic N) is 2. The Morgan fingerprint density at radius 3 is 2.45 bits per heavy atom. The van der Waals surface area contributed by atoms with E-state index in [9.17, 15) is 9.59 Å². The summed E-state index contributed by atoms with van der Waals surface area (Å²) in [6, 6.07) is 16.9. The zero-order valence-corrected chi connectivity index (χ0v) is 16.1. The van der Waals surface area contributed by atoms with Crippen LogP contribution in [0.3, 0.4) is 0 Å². The van der Waals surface area contributed by atoms with Gasteiger partial charge in [0.25, 0.3) is 5.91 Å². The fourth-order valence-corrected chi connectivity index (χ4v) is 2.76. The van der Waals surface area contributed by atoms with E-state index < -0.39 is 11.9 Å². The van der Waals surface area contributed by atoms with Gasteiger partial charge in [0.1, 0.15) is 11.5 Å². The normalized spacial score (nSPS) is 10.2. The maximum Gasteiger partial charge on any atom is 0.339 e. The van der Waals surface area contributed by atoms with Gasteiger partial charge in [0.2, 0.25) is 0 Å². The van der Waals surface area contributed by atoms with Crippen LogP contribution in [0.15, 0.2) is 67.0 Å². The lowest BCUT2D eigenvalue weighted by Gasteiger charge is -2.09. The third-order valence-electron chi connectivity index (χ3n) is 4.26. The number of aryl methyl sites for hydroxylation is 1. The minimum absolute atomic E-state index is 0.152. The average Bonchev–Trinajstić information content (AvgIpc) is 2.77. The molecule has 0 saturated heterocycles. The van der Waals surface area contributed by atoms with Crippen molar-refractivity contribution < 1.29 is 14.3 Å². The molecule has 2 aromatic carbocycles. The van der Waals surface area contributed by atoms with Crippen LogP contribution in [0.5, 0.6) is 0 Å². The molecule has 3 rings (SSSR count). The van der Waals surface area contributed by atoms with Gasteiger partial charge in [0.05, 0.1) is 30.8 Å². The van der Waals surface area contributed by atoms with Crippen LogP contribution in [0.25, 0.3) is 0 Å². The number of hydrogen-bond donors (Lipinski definition) is 2. The number of benzene rings is 2. The number of carbonyl (C=O) groups is 2. The molecule has 1 aromatic heterocycles. The number of aromatic nitrogens is 2. The molecule has 0 fully saturated rings. The highest BCUT2D eigenvalue weighted by Crippen LogP contribution is 2.17. The van der Waals surface area contributed by atoms with Crippen molar-refractivity contribution in [3.05, 3.63) is 83.8 Å². The Bertz CT molecular complexity index is 959. The molecule has 1 heterocycles. The van der Waals surface area contributed by atoms with Crippen LogP contribution >= 0.6 is 0 Å². The summed E-state index contributed by atoms with van der Waals surface area (Å²) < 4.78 is 4.73. The molecular formula is C22H22N4O3. The summed E-state index contributed by atoms with van der Waals surface area (Å²) >= 11 is 0. The van der Waals surface area contributed by atoms with Gasteiger partial charge in [-0.25, -0.2) is 14.8 Å². The Balaban J connectivity index is 1.53. The van der Waals surface area contributed by atoms with Crippen LogP contribution in [0.2, 0.25) is 0 Å². The lowest BCUT2D eigenvalue weighted by atomic mass is 10.1. The molecule has 2 N–H and O–H groups in total. The van der Waals surface area contributed by atoms with E-state index in [-0.39, 0.29) is 11.3 Å². The molecule has 0 bridgehead atoms. The van der Waals surface area contributed by atoms with Crippen LogP contribution in [-0.4, -0.2) is 35.5 Å². The summed E-state index contributed by atoms with van der Waals surface area (Å²) in [5.41, 5.74) is 2.07. The monoisotopic (exact) mass is 390 g/mol. The van der Waals surface area contributed by atoms with E-state index >= 15 is 0 Å². The summed E-state index contributed by atoms with van der Waals surface area (Å²) in [4.78, 5) is 32.6. The first-order chi connectivity index (χ1) is 14.2. The topological polar surface area (TPSA) is 93.2 Å². The van der Waals surface area contributed by atoms with Crippen LogP contribution in [0.4, 0.5) is 11.5 Å². The Labute approximate surface area is 169 Å². The maximum absolute atomic E-state index is 12.4. The highest BCUT2D eigenvalue weighted by atomic mass is 16.5. The summed E-state index contributed by atoms with van der Waals surface area (Å²) in [5.74, 6) is -0.379. The van der Waals surface area contributed by atoms with Crippen molar-refractivity contribution in [2.24, 2.45) is 0 Å². The quantitative estimate of drug-likeness (QED) is 0.451. The van der Waals surface area contributed by atoms with Crippen LogP contribution < -0.4 is 10.6 Å². The Morgan fingerprint density at radius 1 is 0.966 bits per heavy atom. The Kier molecular flexibility index (Phi) is 6.89. The molecule has 7 heteroatoms. The average molecular weight is 390 g/mol. The number of carbonyl (C=O) groups excluding carboxylic acids is 2. The van der Waals surface area contributed by atoms with Gasteiger partial charge >= 0.3 is 5.97 Å². The van der Waals surface area contributed by atoms with Crippen molar-refractivity contribution in [1.29, 1.82) is 0 Å². The first-order valence-electron chi connectivity index (χ1n) is 9.26. The van der Waals surface area contributed by atoms with Crippen LogP contribution in [0.1, 0.15) is 32.8 Å². The summed E-state index contributed by atoms with van der Waals surface area (Å²) in [6.45, 7) is 0.752. The van der Waals surface area contributed by atoms with E-state index in [2.05, 4.69) is 32.7 Å². The minimum atomic E-state index is -0.526. The number of para-hydroxylation sites is 1. The van der Waals surface area contributed by atoms with Gasteiger partial charge in [-0.1, -0.05) is 42.5 Å². The number of esters is 1. The van der Waals surface area contributed by atoms with Gasteiger partial charge < -0.3 is 15.4 Å². The van der Waals surface area contributed by atoms with E-state index in [4.69, 9.17) is 4.74 Å². The molecule has 0 atom stereocenters. The molecule has 29 heavy (non-hydrogen) atoms. The molecule has 0 aliphatic heterocycles.